The zero-order valence-corrected chi connectivity index (χ0v) is 6.73. The Balaban J connectivity index is 2.29. The quantitative estimate of drug-likeness (QED) is 0.429. The highest BCUT2D eigenvalue weighted by Gasteiger charge is 2.31. The van der Waals surface area contributed by atoms with Crippen molar-refractivity contribution in [2.45, 2.75) is 19.1 Å². The Morgan fingerprint density at radius 1 is 1.86 bits per heavy atom. The summed E-state index contributed by atoms with van der Waals surface area (Å²) in [7, 11) is 0.783. The van der Waals surface area contributed by atoms with E-state index in [1.165, 1.54) is 0 Å². The summed E-state index contributed by atoms with van der Waals surface area (Å²) in [5.74, 6) is -0.174. The Morgan fingerprint density at radius 2 is 2.43 bits per heavy atom. The maximum absolute atomic E-state index is 5.09. The summed E-state index contributed by atoms with van der Waals surface area (Å²) in [5.41, 5.74) is 0. The Labute approximate surface area is 46.3 Å². The average molecular weight is 118 g/mol. The third-order valence-electron chi connectivity index (χ3n) is 1.40. The van der Waals surface area contributed by atoms with E-state index in [-0.39, 0.29) is 5.79 Å². The van der Waals surface area contributed by atoms with Crippen molar-refractivity contribution >= 4 is 10.5 Å². The lowest BCUT2D eigenvalue weighted by atomic mass is 10.2. The molecule has 1 aliphatic rings. The second-order valence-corrected chi connectivity index (χ2v) is 2.34. The fraction of sp³-hybridized carbons (Fsp3) is 1.00. The Kier molecular flexibility index (Phi) is 1.19. The first kappa shape index (κ1) is 5.28. The summed E-state index contributed by atoms with van der Waals surface area (Å²) in [6.45, 7) is 2.85. The van der Waals surface area contributed by atoms with Gasteiger partial charge in [0, 0.05) is 6.42 Å². The van der Waals surface area contributed by atoms with Crippen LogP contribution in [-0.2, 0) is 9.16 Å². The lowest BCUT2D eigenvalue weighted by molar-refractivity contribution is -0.250. The van der Waals surface area contributed by atoms with E-state index < -0.39 is 0 Å². The molecule has 0 radical (unpaired) electrons. The van der Waals surface area contributed by atoms with Gasteiger partial charge in [0.1, 0.15) is 10.5 Å². The van der Waals surface area contributed by atoms with E-state index in [0.29, 0.717) is 0 Å². The molecule has 1 heterocycles. The lowest BCUT2D eigenvalue weighted by Gasteiger charge is -2.37. The van der Waals surface area contributed by atoms with Crippen molar-refractivity contribution in [2.24, 2.45) is 0 Å². The summed E-state index contributed by atoms with van der Waals surface area (Å²) in [5, 5.41) is 0. The summed E-state index contributed by atoms with van der Waals surface area (Å²) in [6.07, 6.45) is 1.07. The molecule has 1 aliphatic heterocycles. The summed E-state index contributed by atoms with van der Waals surface area (Å²) in [4.78, 5) is 0. The van der Waals surface area contributed by atoms with Crippen LogP contribution in [0.25, 0.3) is 0 Å². The molecular formula is C4H10O2Si. The molecule has 1 rings (SSSR count). The zero-order valence-electron chi connectivity index (χ0n) is 4.73. The number of rotatable bonds is 1. The van der Waals surface area contributed by atoms with Gasteiger partial charge >= 0.3 is 0 Å². The zero-order chi connectivity index (χ0) is 5.33. The largest absolute Gasteiger partial charge is 0.402 e. The van der Waals surface area contributed by atoms with E-state index in [0.717, 1.165) is 23.5 Å². The molecule has 0 amide bonds. The first-order valence-corrected chi connectivity index (χ1v) is 3.28. The molecule has 0 N–H and O–H groups in total. The highest BCUT2D eigenvalue weighted by atomic mass is 28.2. The lowest BCUT2D eigenvalue weighted by Crippen LogP contribution is -2.42. The number of hydrogen-bond acceptors (Lipinski definition) is 2. The summed E-state index contributed by atoms with van der Waals surface area (Å²) in [6, 6.07) is 0. The maximum atomic E-state index is 5.09. The van der Waals surface area contributed by atoms with Gasteiger partial charge in [0.05, 0.1) is 6.61 Å². The SMILES string of the molecule is CC1(O[SiH3])CCO1. The van der Waals surface area contributed by atoms with Gasteiger partial charge in [-0.15, -0.1) is 0 Å². The van der Waals surface area contributed by atoms with Gasteiger partial charge in [-0.05, 0) is 6.92 Å². The highest BCUT2D eigenvalue weighted by Crippen LogP contribution is 2.24. The minimum Gasteiger partial charge on any atom is -0.402 e. The molecule has 0 aliphatic carbocycles. The van der Waals surface area contributed by atoms with Crippen molar-refractivity contribution in [1.29, 1.82) is 0 Å². The van der Waals surface area contributed by atoms with Crippen LogP contribution in [0.2, 0.25) is 0 Å². The van der Waals surface area contributed by atoms with Crippen LogP contribution in [0.3, 0.4) is 0 Å². The predicted octanol–water partition coefficient (Wildman–Crippen LogP) is -0.580. The molecular weight excluding hydrogens is 108 g/mol. The fourth-order valence-electron chi connectivity index (χ4n) is 0.551. The molecule has 0 aromatic carbocycles. The Morgan fingerprint density at radius 3 is 2.43 bits per heavy atom. The van der Waals surface area contributed by atoms with Gasteiger partial charge in [-0.25, -0.2) is 0 Å². The molecule has 1 atom stereocenters. The minimum atomic E-state index is -0.174. The highest BCUT2D eigenvalue weighted by molar-refractivity contribution is 5.98. The van der Waals surface area contributed by atoms with Gasteiger partial charge in [0.2, 0.25) is 0 Å². The molecule has 7 heavy (non-hydrogen) atoms. The second kappa shape index (κ2) is 1.58. The van der Waals surface area contributed by atoms with E-state index in [4.69, 9.17) is 9.16 Å². The van der Waals surface area contributed by atoms with E-state index in [1.807, 2.05) is 6.92 Å². The molecule has 1 fully saturated rings. The van der Waals surface area contributed by atoms with Gasteiger partial charge in [-0.2, -0.15) is 0 Å². The number of hydrogen-bond donors (Lipinski definition) is 0. The topological polar surface area (TPSA) is 18.5 Å². The first-order valence-electron chi connectivity index (χ1n) is 2.46. The Bertz CT molecular complexity index is 64.6. The molecule has 2 nitrogen and oxygen atoms in total. The van der Waals surface area contributed by atoms with Crippen molar-refractivity contribution < 1.29 is 9.16 Å². The summed E-state index contributed by atoms with van der Waals surface area (Å²) < 4.78 is 10.2. The maximum Gasteiger partial charge on any atom is 0.157 e. The van der Waals surface area contributed by atoms with Crippen molar-refractivity contribution in [3.05, 3.63) is 0 Å². The van der Waals surface area contributed by atoms with E-state index in [9.17, 15) is 0 Å². The van der Waals surface area contributed by atoms with Gasteiger partial charge in [-0.1, -0.05) is 0 Å². The third kappa shape index (κ3) is 0.847. The van der Waals surface area contributed by atoms with Crippen LogP contribution in [0.5, 0.6) is 0 Å². The van der Waals surface area contributed by atoms with E-state index in [2.05, 4.69) is 0 Å². The van der Waals surface area contributed by atoms with Crippen LogP contribution in [-0.4, -0.2) is 22.9 Å². The molecule has 42 valence electrons. The van der Waals surface area contributed by atoms with Crippen LogP contribution in [0.4, 0.5) is 0 Å². The molecule has 0 bridgehead atoms. The normalized spacial score (nSPS) is 40.7. The Hall–Kier alpha value is 0.137. The van der Waals surface area contributed by atoms with Crippen LogP contribution < -0.4 is 0 Å². The van der Waals surface area contributed by atoms with Crippen LogP contribution in [0, 0.1) is 0 Å². The fourth-order valence-corrected chi connectivity index (χ4v) is 0.872. The van der Waals surface area contributed by atoms with E-state index in [1.54, 1.807) is 0 Å². The molecule has 0 saturated carbocycles. The van der Waals surface area contributed by atoms with Crippen LogP contribution in [0.1, 0.15) is 13.3 Å². The van der Waals surface area contributed by atoms with Crippen molar-refractivity contribution in [2.75, 3.05) is 6.61 Å². The standard InChI is InChI=1S/C4H10O2Si/c1-4(6-7)2-3-5-4/h2-3H2,1,7H3. The molecule has 0 spiro atoms. The van der Waals surface area contributed by atoms with Crippen molar-refractivity contribution in [3.8, 4) is 0 Å². The van der Waals surface area contributed by atoms with Crippen molar-refractivity contribution in [3.63, 3.8) is 0 Å². The smallest absolute Gasteiger partial charge is 0.157 e. The minimum absolute atomic E-state index is 0.174. The summed E-state index contributed by atoms with van der Waals surface area (Å²) >= 11 is 0. The average Bonchev–Trinajstić information content (AvgIpc) is 1.61. The van der Waals surface area contributed by atoms with Gasteiger partial charge in [0.25, 0.3) is 0 Å². The molecule has 0 aromatic rings. The molecule has 1 saturated heterocycles. The molecule has 1 unspecified atom stereocenters. The second-order valence-electron chi connectivity index (χ2n) is 1.94. The monoisotopic (exact) mass is 118 g/mol. The third-order valence-corrected chi connectivity index (χ3v) is 2.26. The van der Waals surface area contributed by atoms with E-state index >= 15 is 0 Å². The number of ether oxygens (including phenoxy) is 1. The van der Waals surface area contributed by atoms with Gasteiger partial charge < -0.3 is 9.16 Å². The van der Waals surface area contributed by atoms with Gasteiger partial charge in [0.15, 0.2) is 5.79 Å². The predicted molar refractivity (Wildman–Crippen MR) is 30.0 cm³/mol. The van der Waals surface area contributed by atoms with Gasteiger partial charge in [-0.3, -0.25) is 0 Å². The molecule has 3 heteroatoms. The molecule has 0 aromatic heterocycles. The van der Waals surface area contributed by atoms with Crippen LogP contribution in [0.15, 0.2) is 0 Å². The van der Waals surface area contributed by atoms with Crippen molar-refractivity contribution in [1.82, 2.24) is 0 Å². The first-order chi connectivity index (χ1) is 3.27. The van der Waals surface area contributed by atoms with Crippen LogP contribution >= 0.6 is 0 Å².